The minimum atomic E-state index is -3.46. The van der Waals surface area contributed by atoms with Gasteiger partial charge in [0.25, 0.3) is 0 Å². The predicted molar refractivity (Wildman–Crippen MR) is 80.9 cm³/mol. The second kappa shape index (κ2) is 6.15. The molecule has 1 saturated heterocycles. The van der Waals surface area contributed by atoms with E-state index in [1.54, 1.807) is 18.2 Å². The fourth-order valence-electron chi connectivity index (χ4n) is 2.20. The zero-order chi connectivity index (χ0) is 13.9. The maximum atomic E-state index is 12.3. The first-order valence-electron chi connectivity index (χ1n) is 6.52. The molecule has 0 amide bonds. The van der Waals surface area contributed by atoms with Gasteiger partial charge >= 0.3 is 0 Å². The Balaban J connectivity index is 2.16. The number of sulfonamides is 1. The summed E-state index contributed by atoms with van der Waals surface area (Å²) < 4.78 is 27.4. The smallest absolute Gasteiger partial charge is 0.240 e. The van der Waals surface area contributed by atoms with Crippen LogP contribution in [0.5, 0.6) is 0 Å². The number of benzene rings is 1. The quantitative estimate of drug-likeness (QED) is 0.816. The molecule has 2 rings (SSSR count). The Bertz CT molecular complexity index is 538. The first-order valence-corrected chi connectivity index (χ1v) is 9.06. The van der Waals surface area contributed by atoms with Gasteiger partial charge in [-0.2, -0.15) is 11.8 Å². The van der Waals surface area contributed by atoms with Gasteiger partial charge in [-0.25, -0.2) is 13.1 Å². The van der Waals surface area contributed by atoms with Gasteiger partial charge in [0.2, 0.25) is 10.0 Å². The number of hydrogen-bond acceptors (Lipinski definition) is 4. The molecule has 1 unspecified atom stereocenters. The van der Waals surface area contributed by atoms with Gasteiger partial charge < -0.3 is 5.73 Å². The summed E-state index contributed by atoms with van der Waals surface area (Å²) in [6.07, 6.45) is 2.94. The van der Waals surface area contributed by atoms with E-state index in [1.165, 1.54) is 6.42 Å². The minimum Gasteiger partial charge on any atom is -0.399 e. The van der Waals surface area contributed by atoms with Crippen LogP contribution in [0.3, 0.4) is 0 Å². The molecule has 0 aliphatic carbocycles. The average Bonchev–Trinajstić information content (AvgIpc) is 2.89. The van der Waals surface area contributed by atoms with Crippen LogP contribution in [0.1, 0.15) is 25.3 Å². The van der Waals surface area contributed by atoms with Gasteiger partial charge in [0, 0.05) is 17.5 Å². The van der Waals surface area contributed by atoms with E-state index in [-0.39, 0.29) is 0 Å². The molecule has 3 N–H and O–H groups in total. The lowest BCUT2D eigenvalue weighted by Gasteiger charge is -2.13. The van der Waals surface area contributed by atoms with Gasteiger partial charge in [-0.1, -0.05) is 13.0 Å². The summed E-state index contributed by atoms with van der Waals surface area (Å²) in [6, 6.07) is 5.07. The molecular weight excluding hydrogens is 280 g/mol. The van der Waals surface area contributed by atoms with Crippen molar-refractivity contribution in [2.24, 2.45) is 0 Å². The van der Waals surface area contributed by atoms with Crippen molar-refractivity contribution in [3.8, 4) is 0 Å². The fraction of sp³-hybridized carbons (Fsp3) is 0.538. The zero-order valence-electron chi connectivity index (χ0n) is 11.1. The molecule has 4 nitrogen and oxygen atoms in total. The Kier molecular flexibility index (Phi) is 4.76. The molecule has 19 heavy (non-hydrogen) atoms. The Labute approximate surface area is 119 Å². The van der Waals surface area contributed by atoms with Crippen LogP contribution in [-0.4, -0.2) is 26.0 Å². The van der Waals surface area contributed by atoms with E-state index < -0.39 is 10.0 Å². The molecule has 6 heteroatoms. The molecule has 1 aliphatic heterocycles. The molecule has 0 saturated carbocycles. The van der Waals surface area contributed by atoms with Crippen LogP contribution in [0, 0.1) is 0 Å². The van der Waals surface area contributed by atoms with Gasteiger partial charge in [-0.15, -0.1) is 0 Å². The van der Waals surface area contributed by atoms with E-state index in [1.807, 2.05) is 18.7 Å². The lowest BCUT2D eigenvalue weighted by atomic mass is 10.1. The third-order valence-corrected chi connectivity index (χ3v) is 6.19. The number of nitrogens with two attached hydrogens (primary N) is 1. The molecule has 0 aromatic heterocycles. The molecule has 0 bridgehead atoms. The highest BCUT2D eigenvalue weighted by Crippen LogP contribution is 2.26. The highest BCUT2D eigenvalue weighted by Gasteiger charge is 2.22. The lowest BCUT2D eigenvalue weighted by molar-refractivity contribution is 0.578. The third kappa shape index (κ3) is 3.64. The van der Waals surface area contributed by atoms with Gasteiger partial charge in [-0.3, -0.25) is 0 Å². The van der Waals surface area contributed by atoms with Crippen molar-refractivity contribution in [3.63, 3.8) is 0 Å². The van der Waals surface area contributed by atoms with E-state index in [0.29, 0.717) is 28.8 Å². The summed E-state index contributed by atoms with van der Waals surface area (Å²) in [7, 11) is -3.46. The average molecular weight is 300 g/mol. The van der Waals surface area contributed by atoms with Gasteiger partial charge in [0.1, 0.15) is 0 Å². The lowest BCUT2D eigenvalue weighted by Crippen LogP contribution is -2.30. The second-order valence-electron chi connectivity index (χ2n) is 4.71. The second-order valence-corrected chi connectivity index (χ2v) is 7.85. The van der Waals surface area contributed by atoms with Crippen molar-refractivity contribution < 1.29 is 8.42 Å². The highest BCUT2D eigenvalue weighted by atomic mass is 32.2. The third-order valence-electron chi connectivity index (χ3n) is 3.29. The zero-order valence-corrected chi connectivity index (χ0v) is 12.7. The van der Waals surface area contributed by atoms with Crippen LogP contribution in [-0.2, 0) is 16.4 Å². The molecule has 1 aliphatic rings. The number of aryl methyl sites for hydroxylation is 1. The van der Waals surface area contributed by atoms with Crippen molar-refractivity contribution in [2.75, 3.05) is 18.0 Å². The van der Waals surface area contributed by atoms with Gasteiger partial charge in [0.05, 0.1) is 4.90 Å². The molecular formula is C13H20N2O2S2. The summed E-state index contributed by atoms with van der Waals surface area (Å²) in [4.78, 5) is 0.318. The Morgan fingerprint density at radius 3 is 2.89 bits per heavy atom. The van der Waals surface area contributed by atoms with Crippen molar-refractivity contribution in [1.82, 2.24) is 4.72 Å². The van der Waals surface area contributed by atoms with E-state index in [2.05, 4.69) is 4.72 Å². The summed E-state index contributed by atoms with van der Waals surface area (Å²) in [5.41, 5.74) is 6.99. The summed E-state index contributed by atoms with van der Waals surface area (Å²) in [5, 5.41) is 0.404. The van der Waals surface area contributed by atoms with Gasteiger partial charge in [0.15, 0.2) is 0 Å². The maximum absolute atomic E-state index is 12.3. The number of hydrogen-bond donors (Lipinski definition) is 2. The standard InChI is InChI=1S/C13H20N2O2S2/c1-2-10-5-6-11(14)8-13(10)19(16,17)15-9-12-4-3-7-18-12/h5-6,8,12,15H,2-4,7,9,14H2,1H3. The number of thioether (sulfide) groups is 1. The van der Waals surface area contributed by atoms with Crippen molar-refractivity contribution in [2.45, 2.75) is 36.3 Å². The number of nitrogen functional groups attached to an aromatic ring is 1. The highest BCUT2D eigenvalue weighted by molar-refractivity contribution is 8.00. The van der Waals surface area contributed by atoms with Crippen LogP contribution in [0.2, 0.25) is 0 Å². The largest absolute Gasteiger partial charge is 0.399 e. The Morgan fingerprint density at radius 1 is 1.47 bits per heavy atom. The molecule has 1 heterocycles. The monoisotopic (exact) mass is 300 g/mol. The Hall–Kier alpha value is -0.720. The molecule has 1 aromatic rings. The predicted octanol–water partition coefficient (Wildman–Crippen LogP) is 2.01. The van der Waals surface area contributed by atoms with E-state index >= 15 is 0 Å². The molecule has 1 atom stereocenters. The maximum Gasteiger partial charge on any atom is 0.240 e. The van der Waals surface area contributed by atoms with Crippen molar-refractivity contribution in [3.05, 3.63) is 23.8 Å². The summed E-state index contributed by atoms with van der Waals surface area (Å²) in [6.45, 7) is 2.45. The van der Waals surface area contributed by atoms with E-state index in [0.717, 1.165) is 17.7 Å². The van der Waals surface area contributed by atoms with Crippen molar-refractivity contribution in [1.29, 1.82) is 0 Å². The van der Waals surface area contributed by atoms with Crippen LogP contribution >= 0.6 is 11.8 Å². The SMILES string of the molecule is CCc1ccc(N)cc1S(=O)(=O)NCC1CCCS1. The van der Waals surface area contributed by atoms with Gasteiger partial charge in [-0.05, 0) is 42.7 Å². The summed E-state index contributed by atoms with van der Waals surface area (Å²) in [5.74, 6) is 1.13. The first-order chi connectivity index (χ1) is 9.03. The van der Waals surface area contributed by atoms with Crippen LogP contribution in [0.25, 0.3) is 0 Å². The fourth-order valence-corrected chi connectivity index (χ4v) is 4.93. The molecule has 0 spiro atoms. The Morgan fingerprint density at radius 2 is 2.26 bits per heavy atom. The van der Waals surface area contributed by atoms with Crippen LogP contribution in [0.4, 0.5) is 5.69 Å². The number of anilines is 1. The van der Waals surface area contributed by atoms with E-state index in [4.69, 9.17) is 5.73 Å². The van der Waals surface area contributed by atoms with Crippen LogP contribution in [0.15, 0.2) is 23.1 Å². The van der Waals surface area contributed by atoms with E-state index in [9.17, 15) is 8.42 Å². The molecule has 106 valence electrons. The number of rotatable bonds is 5. The molecule has 1 fully saturated rings. The van der Waals surface area contributed by atoms with Crippen LogP contribution < -0.4 is 10.5 Å². The number of nitrogens with one attached hydrogen (secondary N) is 1. The van der Waals surface area contributed by atoms with Crippen molar-refractivity contribution >= 4 is 27.5 Å². The first kappa shape index (κ1) is 14.7. The normalized spacial score (nSPS) is 19.7. The molecule has 0 radical (unpaired) electrons. The topological polar surface area (TPSA) is 72.2 Å². The molecule has 1 aromatic carbocycles. The summed E-state index contributed by atoms with van der Waals surface area (Å²) >= 11 is 1.84. The minimum absolute atomic E-state index is 0.318.